The fourth-order valence-corrected chi connectivity index (χ4v) is 3.46. The molecular weight excluding hydrogens is 393 g/mol. The summed E-state index contributed by atoms with van der Waals surface area (Å²) in [5, 5.41) is 3.62. The lowest BCUT2D eigenvalue weighted by Gasteiger charge is -2.31. The standard InChI is InChI=1S/C19H21Cl2NO5/c1-5-27-19(24)16-13(9-25-3)22-10(2)14(18(23)26-4)15(16)11-7-6-8-12(20)17(11)21/h6-8,15,22H,5,9H2,1-4H3. The van der Waals surface area contributed by atoms with Crippen molar-refractivity contribution in [2.75, 3.05) is 27.4 Å². The van der Waals surface area contributed by atoms with Crippen LogP contribution in [0, 0.1) is 0 Å². The molecule has 8 heteroatoms. The number of rotatable bonds is 6. The van der Waals surface area contributed by atoms with Crippen molar-refractivity contribution < 1.29 is 23.8 Å². The van der Waals surface area contributed by atoms with Crippen molar-refractivity contribution in [1.29, 1.82) is 0 Å². The number of esters is 2. The number of ether oxygens (including phenoxy) is 3. The summed E-state index contributed by atoms with van der Waals surface area (Å²) in [7, 11) is 2.78. The topological polar surface area (TPSA) is 73.9 Å². The van der Waals surface area contributed by atoms with Crippen molar-refractivity contribution >= 4 is 35.1 Å². The number of hydrogen-bond acceptors (Lipinski definition) is 6. The molecular formula is C19H21Cl2NO5. The quantitative estimate of drug-likeness (QED) is 0.718. The summed E-state index contributed by atoms with van der Waals surface area (Å²) in [4.78, 5) is 25.3. The van der Waals surface area contributed by atoms with E-state index < -0.39 is 17.9 Å². The van der Waals surface area contributed by atoms with E-state index >= 15 is 0 Å². The van der Waals surface area contributed by atoms with Gasteiger partial charge in [0.1, 0.15) is 0 Å². The highest BCUT2D eigenvalue weighted by molar-refractivity contribution is 6.42. The second-order valence-electron chi connectivity index (χ2n) is 5.78. The molecule has 1 aromatic carbocycles. The van der Waals surface area contributed by atoms with Gasteiger partial charge in [0, 0.05) is 12.8 Å². The van der Waals surface area contributed by atoms with Crippen LogP contribution in [0.4, 0.5) is 0 Å². The fraction of sp³-hybridized carbons (Fsp3) is 0.368. The molecule has 0 fully saturated rings. The van der Waals surface area contributed by atoms with Crippen molar-refractivity contribution in [2.24, 2.45) is 0 Å². The summed E-state index contributed by atoms with van der Waals surface area (Å²) >= 11 is 12.6. The van der Waals surface area contributed by atoms with Crippen LogP contribution in [0.1, 0.15) is 25.3 Å². The molecule has 1 N–H and O–H groups in total. The second kappa shape index (κ2) is 9.26. The van der Waals surface area contributed by atoms with Gasteiger partial charge < -0.3 is 19.5 Å². The average molecular weight is 414 g/mol. The van der Waals surface area contributed by atoms with Gasteiger partial charge in [-0.1, -0.05) is 35.3 Å². The molecule has 1 aromatic rings. The zero-order valence-electron chi connectivity index (χ0n) is 15.5. The van der Waals surface area contributed by atoms with Gasteiger partial charge in [-0.2, -0.15) is 0 Å². The van der Waals surface area contributed by atoms with Gasteiger partial charge in [-0.25, -0.2) is 9.59 Å². The Morgan fingerprint density at radius 1 is 1.15 bits per heavy atom. The van der Waals surface area contributed by atoms with Gasteiger partial charge >= 0.3 is 11.9 Å². The smallest absolute Gasteiger partial charge is 0.336 e. The molecule has 0 amide bonds. The predicted octanol–water partition coefficient (Wildman–Crippen LogP) is 3.59. The molecule has 1 heterocycles. The molecule has 2 rings (SSSR count). The lowest BCUT2D eigenvalue weighted by atomic mass is 9.80. The van der Waals surface area contributed by atoms with Gasteiger partial charge in [0.15, 0.2) is 0 Å². The second-order valence-corrected chi connectivity index (χ2v) is 6.56. The number of halogens is 2. The van der Waals surface area contributed by atoms with Crippen LogP contribution in [0.15, 0.2) is 40.7 Å². The summed E-state index contributed by atoms with van der Waals surface area (Å²) in [5.41, 5.74) is 2.01. The Morgan fingerprint density at radius 3 is 2.44 bits per heavy atom. The maximum atomic E-state index is 12.8. The van der Waals surface area contributed by atoms with Gasteiger partial charge in [0.25, 0.3) is 0 Å². The zero-order chi connectivity index (χ0) is 20.1. The Kier molecular flexibility index (Phi) is 7.30. The van der Waals surface area contributed by atoms with E-state index in [4.69, 9.17) is 37.4 Å². The molecule has 146 valence electrons. The summed E-state index contributed by atoms with van der Waals surface area (Å²) in [6.07, 6.45) is 0. The van der Waals surface area contributed by atoms with Crippen molar-refractivity contribution in [2.45, 2.75) is 19.8 Å². The van der Waals surface area contributed by atoms with Crippen molar-refractivity contribution in [1.82, 2.24) is 5.32 Å². The van der Waals surface area contributed by atoms with Crippen LogP contribution >= 0.6 is 23.2 Å². The van der Waals surface area contributed by atoms with Crippen LogP contribution in [0.2, 0.25) is 10.0 Å². The number of methoxy groups -OCH3 is 2. The highest BCUT2D eigenvalue weighted by Gasteiger charge is 2.39. The van der Waals surface area contributed by atoms with Crippen LogP contribution in [0.3, 0.4) is 0 Å². The van der Waals surface area contributed by atoms with E-state index in [0.29, 0.717) is 22.0 Å². The van der Waals surface area contributed by atoms with Gasteiger partial charge in [-0.3, -0.25) is 0 Å². The third kappa shape index (κ3) is 4.29. The molecule has 0 aromatic heterocycles. The first-order valence-corrected chi connectivity index (χ1v) is 9.01. The van der Waals surface area contributed by atoms with E-state index in [1.807, 2.05) is 0 Å². The molecule has 1 aliphatic heterocycles. The van der Waals surface area contributed by atoms with Crippen LogP contribution < -0.4 is 5.32 Å². The van der Waals surface area contributed by atoms with E-state index in [-0.39, 0.29) is 29.4 Å². The molecule has 0 saturated carbocycles. The molecule has 0 spiro atoms. The highest BCUT2D eigenvalue weighted by atomic mass is 35.5. The number of nitrogens with one attached hydrogen (secondary N) is 1. The number of benzene rings is 1. The Hall–Kier alpha value is -2.02. The molecule has 1 atom stereocenters. The predicted molar refractivity (Wildman–Crippen MR) is 103 cm³/mol. The first-order chi connectivity index (χ1) is 12.9. The lowest BCUT2D eigenvalue weighted by Crippen LogP contribution is -2.34. The van der Waals surface area contributed by atoms with E-state index in [1.165, 1.54) is 14.2 Å². The molecule has 27 heavy (non-hydrogen) atoms. The number of carbonyl (C=O) groups excluding carboxylic acids is 2. The minimum absolute atomic E-state index is 0.120. The van der Waals surface area contributed by atoms with E-state index in [1.54, 1.807) is 32.0 Å². The number of allylic oxidation sites excluding steroid dienone is 1. The molecule has 0 radical (unpaired) electrons. The van der Waals surface area contributed by atoms with Crippen molar-refractivity contribution in [3.63, 3.8) is 0 Å². The monoisotopic (exact) mass is 413 g/mol. The first kappa shape index (κ1) is 21.3. The van der Waals surface area contributed by atoms with Crippen LogP contribution in [-0.4, -0.2) is 39.4 Å². The minimum Gasteiger partial charge on any atom is -0.466 e. The van der Waals surface area contributed by atoms with Crippen LogP contribution in [0.5, 0.6) is 0 Å². The van der Waals surface area contributed by atoms with Crippen LogP contribution in [0.25, 0.3) is 0 Å². The minimum atomic E-state index is -0.811. The van der Waals surface area contributed by atoms with E-state index in [2.05, 4.69) is 5.32 Å². The van der Waals surface area contributed by atoms with Gasteiger partial charge in [-0.05, 0) is 25.5 Å². The number of hydrogen-bond donors (Lipinski definition) is 1. The Balaban J connectivity index is 2.79. The summed E-state index contributed by atoms with van der Waals surface area (Å²) < 4.78 is 15.4. The Morgan fingerprint density at radius 2 is 1.85 bits per heavy atom. The number of carbonyl (C=O) groups is 2. The van der Waals surface area contributed by atoms with E-state index in [9.17, 15) is 9.59 Å². The maximum absolute atomic E-state index is 12.8. The summed E-state index contributed by atoms with van der Waals surface area (Å²) in [6, 6.07) is 5.05. The summed E-state index contributed by atoms with van der Waals surface area (Å²) in [5.74, 6) is -1.97. The molecule has 1 aliphatic rings. The van der Waals surface area contributed by atoms with Crippen molar-refractivity contribution in [3.8, 4) is 0 Å². The third-order valence-electron chi connectivity index (χ3n) is 4.13. The first-order valence-electron chi connectivity index (χ1n) is 8.26. The molecule has 0 saturated heterocycles. The van der Waals surface area contributed by atoms with Gasteiger partial charge in [0.05, 0.1) is 53.1 Å². The molecule has 6 nitrogen and oxygen atoms in total. The number of dihydropyridines is 1. The SMILES string of the molecule is CCOC(=O)C1=C(COC)NC(C)=C(C(=O)OC)C1c1cccc(Cl)c1Cl. The highest BCUT2D eigenvalue weighted by Crippen LogP contribution is 2.43. The van der Waals surface area contributed by atoms with Crippen LogP contribution in [-0.2, 0) is 23.8 Å². The molecule has 0 bridgehead atoms. The Bertz CT molecular complexity index is 816. The normalized spacial score (nSPS) is 16.9. The van der Waals surface area contributed by atoms with Crippen molar-refractivity contribution in [3.05, 3.63) is 56.3 Å². The molecule has 0 aliphatic carbocycles. The summed E-state index contributed by atoms with van der Waals surface area (Å²) in [6.45, 7) is 3.72. The third-order valence-corrected chi connectivity index (χ3v) is 4.96. The zero-order valence-corrected chi connectivity index (χ0v) is 17.0. The average Bonchev–Trinajstić information content (AvgIpc) is 2.63. The maximum Gasteiger partial charge on any atom is 0.336 e. The lowest BCUT2D eigenvalue weighted by molar-refractivity contribution is -0.139. The van der Waals surface area contributed by atoms with Gasteiger partial charge in [-0.15, -0.1) is 0 Å². The van der Waals surface area contributed by atoms with E-state index in [0.717, 1.165) is 0 Å². The molecule has 1 unspecified atom stereocenters. The largest absolute Gasteiger partial charge is 0.466 e. The Labute approximate surface area is 168 Å². The fourth-order valence-electron chi connectivity index (χ4n) is 3.04. The van der Waals surface area contributed by atoms with Gasteiger partial charge in [0.2, 0.25) is 0 Å².